The largest absolute Gasteiger partial charge is 0.335 e. The van der Waals surface area contributed by atoms with Crippen molar-refractivity contribution in [3.63, 3.8) is 0 Å². The van der Waals surface area contributed by atoms with Crippen molar-refractivity contribution in [3.05, 3.63) is 0 Å². The van der Waals surface area contributed by atoms with E-state index in [4.69, 9.17) is 23.2 Å². The molecule has 1 rings (SSSR count). The number of hydrogen-bond acceptors (Lipinski definition) is 2. The van der Waals surface area contributed by atoms with Gasteiger partial charge in [0.1, 0.15) is 0 Å². The highest BCUT2D eigenvalue weighted by molar-refractivity contribution is 6.53. The molecule has 1 heterocycles. The number of carbonyl (C=O) groups excluding carboxylic acids is 1. The molecule has 15 heavy (non-hydrogen) atoms. The topological polar surface area (TPSA) is 32.3 Å². The highest BCUT2D eigenvalue weighted by atomic mass is 35.5. The van der Waals surface area contributed by atoms with Gasteiger partial charge in [0.05, 0.1) is 0 Å². The third kappa shape index (κ3) is 3.23. The fraction of sp³-hybridized carbons (Fsp3) is 0.900. The van der Waals surface area contributed by atoms with Gasteiger partial charge in [0.2, 0.25) is 0 Å². The smallest absolute Gasteiger partial charge is 0.256 e. The summed E-state index contributed by atoms with van der Waals surface area (Å²) in [6, 6.07) is 0.490. The zero-order valence-corrected chi connectivity index (χ0v) is 10.8. The Labute approximate surface area is 101 Å². The van der Waals surface area contributed by atoms with Crippen LogP contribution in [0.25, 0.3) is 0 Å². The predicted molar refractivity (Wildman–Crippen MR) is 63.3 cm³/mol. The summed E-state index contributed by atoms with van der Waals surface area (Å²) in [7, 11) is 0. The van der Waals surface area contributed by atoms with Crippen LogP contribution in [0, 0.1) is 5.92 Å². The summed E-state index contributed by atoms with van der Waals surface area (Å²) < 4.78 is 0. The lowest BCUT2D eigenvalue weighted by molar-refractivity contribution is -0.133. The first-order valence-electron chi connectivity index (χ1n) is 5.25. The number of nitrogens with one attached hydrogen (secondary N) is 1. The molecule has 0 aromatic heterocycles. The maximum atomic E-state index is 11.7. The molecule has 2 atom stereocenters. The lowest BCUT2D eigenvalue weighted by Crippen LogP contribution is -2.59. The molecule has 1 aliphatic rings. The Morgan fingerprint density at radius 3 is 2.53 bits per heavy atom. The van der Waals surface area contributed by atoms with Gasteiger partial charge in [-0.3, -0.25) is 4.79 Å². The Morgan fingerprint density at radius 2 is 2.07 bits per heavy atom. The maximum Gasteiger partial charge on any atom is 0.256 e. The average molecular weight is 253 g/mol. The molecule has 0 aliphatic carbocycles. The Hall–Kier alpha value is 0.01000. The molecular formula is C10H18Cl2N2O. The van der Waals surface area contributed by atoms with E-state index in [0.29, 0.717) is 18.5 Å². The maximum absolute atomic E-state index is 11.7. The molecular weight excluding hydrogens is 235 g/mol. The van der Waals surface area contributed by atoms with E-state index in [2.05, 4.69) is 19.2 Å². The Morgan fingerprint density at radius 1 is 1.47 bits per heavy atom. The molecule has 1 amide bonds. The fourth-order valence-electron chi connectivity index (χ4n) is 1.77. The molecule has 5 heteroatoms. The van der Waals surface area contributed by atoms with Crippen molar-refractivity contribution < 1.29 is 4.79 Å². The van der Waals surface area contributed by atoms with Crippen molar-refractivity contribution in [2.75, 3.05) is 13.1 Å². The van der Waals surface area contributed by atoms with Gasteiger partial charge in [0, 0.05) is 25.2 Å². The highest BCUT2D eigenvalue weighted by Crippen LogP contribution is 2.16. The summed E-state index contributed by atoms with van der Waals surface area (Å²) in [5, 5.41) is 3.41. The van der Waals surface area contributed by atoms with Crippen LogP contribution >= 0.6 is 23.2 Å². The molecule has 0 bridgehead atoms. The molecule has 3 nitrogen and oxygen atoms in total. The molecule has 0 aromatic carbocycles. The van der Waals surface area contributed by atoms with E-state index >= 15 is 0 Å². The molecule has 1 fully saturated rings. The lowest BCUT2D eigenvalue weighted by Gasteiger charge is -2.40. The number of hydrogen-bond donors (Lipinski definition) is 1. The zero-order valence-electron chi connectivity index (χ0n) is 9.34. The van der Waals surface area contributed by atoms with Gasteiger partial charge in [-0.15, -0.1) is 0 Å². The minimum Gasteiger partial charge on any atom is -0.335 e. The Kier molecular flexibility index (Phi) is 4.68. The van der Waals surface area contributed by atoms with E-state index in [0.717, 1.165) is 6.54 Å². The van der Waals surface area contributed by atoms with Crippen molar-refractivity contribution in [3.8, 4) is 0 Å². The molecule has 2 unspecified atom stereocenters. The lowest BCUT2D eigenvalue weighted by atomic mass is 10.00. The first-order chi connectivity index (χ1) is 6.93. The van der Waals surface area contributed by atoms with Gasteiger partial charge in [-0.1, -0.05) is 37.0 Å². The minimum absolute atomic E-state index is 0.160. The van der Waals surface area contributed by atoms with E-state index in [1.165, 1.54) is 0 Å². The number of nitrogens with zero attached hydrogens (tertiary/aromatic N) is 1. The summed E-state index contributed by atoms with van der Waals surface area (Å²) in [6.07, 6.45) is 0. The van der Waals surface area contributed by atoms with Crippen LogP contribution in [0.15, 0.2) is 0 Å². The average Bonchev–Trinajstić information content (AvgIpc) is 2.16. The molecule has 1 aliphatic heterocycles. The summed E-state index contributed by atoms with van der Waals surface area (Å²) in [4.78, 5) is 12.5. The molecule has 1 N–H and O–H groups in total. The first kappa shape index (κ1) is 13.1. The van der Waals surface area contributed by atoms with E-state index < -0.39 is 4.84 Å². The van der Waals surface area contributed by atoms with Crippen molar-refractivity contribution >= 4 is 29.1 Å². The quantitative estimate of drug-likeness (QED) is 0.759. The Balaban J connectivity index is 2.65. The van der Waals surface area contributed by atoms with Crippen LogP contribution in [-0.4, -0.2) is 40.8 Å². The van der Waals surface area contributed by atoms with Crippen molar-refractivity contribution in [1.29, 1.82) is 0 Å². The fourth-order valence-corrected chi connectivity index (χ4v) is 2.02. The van der Waals surface area contributed by atoms with Crippen LogP contribution in [0.1, 0.15) is 20.8 Å². The van der Waals surface area contributed by atoms with Crippen LogP contribution in [0.4, 0.5) is 0 Å². The van der Waals surface area contributed by atoms with Crippen LogP contribution in [0.5, 0.6) is 0 Å². The minimum atomic E-state index is -0.946. The van der Waals surface area contributed by atoms with Crippen LogP contribution < -0.4 is 5.32 Å². The van der Waals surface area contributed by atoms with E-state index in [1.807, 2.05) is 6.92 Å². The van der Waals surface area contributed by atoms with Crippen molar-refractivity contribution in [2.24, 2.45) is 5.92 Å². The third-order valence-electron chi connectivity index (χ3n) is 2.88. The van der Waals surface area contributed by atoms with E-state index in [9.17, 15) is 4.79 Å². The number of alkyl halides is 2. The molecule has 88 valence electrons. The van der Waals surface area contributed by atoms with Gasteiger partial charge in [0.25, 0.3) is 5.91 Å². The number of rotatable bonds is 2. The van der Waals surface area contributed by atoms with Crippen molar-refractivity contribution in [2.45, 2.75) is 37.7 Å². The number of piperazine rings is 1. The van der Waals surface area contributed by atoms with Gasteiger partial charge in [-0.25, -0.2) is 0 Å². The monoisotopic (exact) mass is 252 g/mol. The molecule has 0 aromatic rings. The summed E-state index contributed by atoms with van der Waals surface area (Å²) in [5.74, 6) is 0.315. The first-order valence-corrected chi connectivity index (χ1v) is 6.12. The molecule has 0 spiro atoms. The second kappa shape index (κ2) is 5.37. The van der Waals surface area contributed by atoms with E-state index in [1.54, 1.807) is 4.90 Å². The second-order valence-electron chi connectivity index (χ2n) is 4.40. The molecule has 0 radical (unpaired) electrons. The van der Waals surface area contributed by atoms with Crippen LogP contribution in [0.3, 0.4) is 0 Å². The van der Waals surface area contributed by atoms with Gasteiger partial charge >= 0.3 is 0 Å². The summed E-state index contributed by atoms with van der Waals surface area (Å²) in [5.41, 5.74) is 0. The molecule has 0 saturated carbocycles. The second-order valence-corrected chi connectivity index (χ2v) is 5.50. The number of carbonyl (C=O) groups is 1. The zero-order chi connectivity index (χ0) is 11.6. The molecule has 1 saturated heterocycles. The van der Waals surface area contributed by atoms with Gasteiger partial charge in [0.15, 0.2) is 4.84 Å². The van der Waals surface area contributed by atoms with Gasteiger partial charge < -0.3 is 10.2 Å². The van der Waals surface area contributed by atoms with Gasteiger partial charge in [-0.2, -0.15) is 0 Å². The van der Waals surface area contributed by atoms with Crippen molar-refractivity contribution in [1.82, 2.24) is 10.2 Å². The standard InChI is InChI=1S/C10H18Cl2N2O/c1-6(2)8-5-14(7(3)4-13-8)10(15)9(11)12/h6-9,13H,4-5H2,1-3H3. The van der Waals surface area contributed by atoms with Crippen LogP contribution in [-0.2, 0) is 4.79 Å². The number of halogens is 2. The SMILES string of the molecule is CC(C)C1CN(C(=O)C(Cl)Cl)C(C)CN1. The third-order valence-corrected chi connectivity index (χ3v) is 3.25. The number of amides is 1. The highest BCUT2D eigenvalue weighted by Gasteiger charge is 2.32. The van der Waals surface area contributed by atoms with E-state index in [-0.39, 0.29) is 11.9 Å². The summed E-state index contributed by atoms with van der Waals surface area (Å²) in [6.45, 7) is 7.75. The normalized spacial score (nSPS) is 27.5. The van der Waals surface area contributed by atoms with Gasteiger partial charge in [-0.05, 0) is 12.8 Å². The van der Waals surface area contributed by atoms with Crippen LogP contribution in [0.2, 0.25) is 0 Å². The summed E-state index contributed by atoms with van der Waals surface area (Å²) >= 11 is 11.2. The predicted octanol–water partition coefficient (Wildman–Crippen LogP) is 1.64. The Bertz CT molecular complexity index is 233.